The van der Waals surface area contributed by atoms with Gasteiger partial charge >= 0.3 is 5.97 Å². The van der Waals surface area contributed by atoms with Crippen LogP contribution in [-0.2, 0) is 9.53 Å². The minimum absolute atomic E-state index is 0.0420. The third-order valence-corrected chi connectivity index (χ3v) is 3.98. The van der Waals surface area contributed by atoms with Crippen molar-refractivity contribution in [2.75, 3.05) is 7.11 Å². The lowest BCUT2D eigenvalue weighted by Crippen LogP contribution is -2.08. The lowest BCUT2D eigenvalue weighted by Gasteiger charge is -2.15. The van der Waals surface area contributed by atoms with Crippen molar-refractivity contribution in [1.29, 1.82) is 0 Å². The van der Waals surface area contributed by atoms with Crippen LogP contribution in [0.2, 0.25) is 5.02 Å². The highest BCUT2D eigenvalue weighted by Crippen LogP contribution is 2.37. The number of methoxy groups -OCH3 is 1. The van der Waals surface area contributed by atoms with E-state index in [9.17, 15) is 4.79 Å². The molecular weight excluding hydrogens is 368 g/mol. The van der Waals surface area contributed by atoms with Crippen molar-refractivity contribution in [3.8, 4) is 11.5 Å². The number of aryl methyl sites for hydroxylation is 1. The maximum atomic E-state index is 12.1. The average molecular weight is 391 g/mol. The summed E-state index contributed by atoms with van der Waals surface area (Å²) in [6.45, 7) is 7.42. The van der Waals surface area contributed by atoms with Crippen molar-refractivity contribution in [3.05, 3.63) is 52.6 Å². The molecular formula is C20H23ClN2O4. The van der Waals surface area contributed by atoms with Gasteiger partial charge in [0.1, 0.15) is 12.4 Å². The number of nitrogens with zero attached hydrogens (tertiary/aromatic N) is 2. The second-order valence-electron chi connectivity index (χ2n) is 6.18. The Morgan fingerprint density at radius 2 is 2.00 bits per heavy atom. The van der Waals surface area contributed by atoms with Gasteiger partial charge < -0.3 is 14.2 Å². The van der Waals surface area contributed by atoms with Crippen molar-refractivity contribution < 1.29 is 19.0 Å². The minimum atomic E-state index is -0.483. The molecule has 0 aliphatic heterocycles. The fourth-order valence-electron chi connectivity index (χ4n) is 2.43. The molecule has 0 fully saturated rings. The normalized spacial score (nSPS) is 12.3. The lowest BCUT2D eigenvalue weighted by atomic mass is 10.1. The van der Waals surface area contributed by atoms with Gasteiger partial charge in [0.25, 0.3) is 0 Å². The lowest BCUT2D eigenvalue weighted by molar-refractivity contribution is -0.142. The molecule has 0 unspecified atom stereocenters. The average Bonchev–Trinajstić information content (AvgIpc) is 2.61. The van der Waals surface area contributed by atoms with Crippen LogP contribution < -0.4 is 9.47 Å². The number of esters is 1. The van der Waals surface area contributed by atoms with Gasteiger partial charge in [0.2, 0.25) is 0 Å². The molecule has 1 aromatic carbocycles. The summed E-state index contributed by atoms with van der Waals surface area (Å²) in [6, 6.07) is 3.44. The molecule has 144 valence electrons. The van der Waals surface area contributed by atoms with Gasteiger partial charge in [-0.25, -0.2) is 14.8 Å². The molecule has 1 heterocycles. The van der Waals surface area contributed by atoms with Crippen LogP contribution in [0, 0.1) is 6.92 Å². The van der Waals surface area contributed by atoms with E-state index in [0.29, 0.717) is 22.1 Å². The number of benzene rings is 1. The second-order valence-corrected chi connectivity index (χ2v) is 6.58. The SMILES string of the molecule is COc1cc(/C=C/C(=O)O[C@@H](C)c2cncnc2C)cc(Cl)c1OC(C)C. The Balaban J connectivity index is 2.11. The Labute approximate surface area is 164 Å². The van der Waals surface area contributed by atoms with Crippen molar-refractivity contribution in [2.24, 2.45) is 0 Å². The topological polar surface area (TPSA) is 70.5 Å². The minimum Gasteiger partial charge on any atom is -0.493 e. The van der Waals surface area contributed by atoms with Crippen molar-refractivity contribution in [3.63, 3.8) is 0 Å². The Kier molecular flexibility index (Phi) is 7.19. The van der Waals surface area contributed by atoms with Crippen molar-refractivity contribution in [1.82, 2.24) is 9.97 Å². The predicted octanol–water partition coefficient (Wildman–Crippen LogP) is 4.55. The number of halogens is 1. The van der Waals surface area contributed by atoms with Crippen LogP contribution in [0.4, 0.5) is 0 Å². The number of rotatable bonds is 7. The number of ether oxygens (including phenoxy) is 3. The first-order valence-corrected chi connectivity index (χ1v) is 8.89. The molecule has 2 aromatic rings. The summed E-state index contributed by atoms with van der Waals surface area (Å²) in [5.41, 5.74) is 2.22. The van der Waals surface area contributed by atoms with E-state index in [2.05, 4.69) is 9.97 Å². The molecule has 0 saturated heterocycles. The summed E-state index contributed by atoms with van der Waals surface area (Å²) in [5, 5.41) is 0.404. The molecule has 0 N–H and O–H groups in total. The molecule has 0 aliphatic rings. The third-order valence-electron chi connectivity index (χ3n) is 3.70. The molecule has 7 heteroatoms. The predicted molar refractivity (Wildman–Crippen MR) is 104 cm³/mol. The monoisotopic (exact) mass is 390 g/mol. The zero-order valence-corrected chi connectivity index (χ0v) is 16.8. The Morgan fingerprint density at radius 1 is 1.26 bits per heavy atom. The van der Waals surface area contributed by atoms with E-state index in [0.717, 1.165) is 11.3 Å². The number of aromatic nitrogens is 2. The Hall–Kier alpha value is -2.60. The van der Waals surface area contributed by atoms with Crippen LogP contribution in [0.15, 0.2) is 30.7 Å². The van der Waals surface area contributed by atoms with Crippen LogP contribution in [0.25, 0.3) is 6.08 Å². The summed E-state index contributed by atoms with van der Waals surface area (Å²) in [5.74, 6) is 0.486. The highest BCUT2D eigenvalue weighted by Gasteiger charge is 2.14. The quantitative estimate of drug-likeness (QED) is 0.510. The van der Waals surface area contributed by atoms with Gasteiger partial charge in [-0.2, -0.15) is 0 Å². The molecule has 0 amide bonds. The van der Waals surface area contributed by atoms with Crippen molar-refractivity contribution >= 4 is 23.6 Å². The zero-order chi connectivity index (χ0) is 20.0. The first-order chi connectivity index (χ1) is 12.8. The number of carbonyl (C=O) groups excluding carboxylic acids is 1. The summed E-state index contributed by atoms with van der Waals surface area (Å²) < 4.78 is 16.4. The van der Waals surface area contributed by atoms with E-state index in [1.807, 2.05) is 20.8 Å². The van der Waals surface area contributed by atoms with Gasteiger partial charge in [-0.05, 0) is 51.5 Å². The standard InChI is InChI=1S/C20H23ClN2O4/c1-12(2)26-20-17(21)8-15(9-18(20)25-5)6-7-19(24)27-14(4)16-10-22-11-23-13(16)3/h6-12,14H,1-5H3/b7-6+/t14-/m0/s1. The van der Waals surface area contributed by atoms with E-state index < -0.39 is 12.1 Å². The van der Waals surface area contributed by atoms with Crippen LogP contribution in [0.1, 0.15) is 43.7 Å². The molecule has 0 bridgehead atoms. The van der Waals surface area contributed by atoms with Gasteiger partial charge in [0.15, 0.2) is 11.5 Å². The van der Waals surface area contributed by atoms with Gasteiger partial charge in [-0.15, -0.1) is 0 Å². The van der Waals surface area contributed by atoms with Gasteiger partial charge in [-0.3, -0.25) is 0 Å². The fraction of sp³-hybridized carbons (Fsp3) is 0.350. The smallest absolute Gasteiger partial charge is 0.331 e. The highest BCUT2D eigenvalue weighted by molar-refractivity contribution is 6.32. The van der Waals surface area contributed by atoms with Crippen molar-refractivity contribution in [2.45, 2.75) is 39.9 Å². The number of carbonyl (C=O) groups is 1. The van der Waals surface area contributed by atoms with E-state index in [-0.39, 0.29) is 6.10 Å². The van der Waals surface area contributed by atoms with Crippen LogP contribution >= 0.6 is 11.6 Å². The maximum absolute atomic E-state index is 12.1. The fourth-order valence-corrected chi connectivity index (χ4v) is 2.69. The van der Waals surface area contributed by atoms with Gasteiger partial charge in [-0.1, -0.05) is 11.6 Å². The summed E-state index contributed by atoms with van der Waals surface area (Å²) >= 11 is 6.29. The number of hydrogen-bond acceptors (Lipinski definition) is 6. The molecule has 0 radical (unpaired) electrons. The molecule has 1 atom stereocenters. The Bertz CT molecular complexity index is 837. The summed E-state index contributed by atoms with van der Waals surface area (Å²) in [7, 11) is 1.53. The number of hydrogen-bond donors (Lipinski definition) is 0. The van der Waals surface area contributed by atoms with E-state index >= 15 is 0 Å². The van der Waals surface area contributed by atoms with Crippen LogP contribution in [-0.4, -0.2) is 29.2 Å². The first kappa shape index (κ1) is 20.7. The maximum Gasteiger partial charge on any atom is 0.331 e. The van der Waals surface area contributed by atoms with Crippen LogP contribution in [0.3, 0.4) is 0 Å². The molecule has 0 aliphatic carbocycles. The third kappa shape index (κ3) is 5.69. The molecule has 6 nitrogen and oxygen atoms in total. The van der Waals surface area contributed by atoms with E-state index in [1.54, 1.807) is 31.3 Å². The van der Waals surface area contributed by atoms with Gasteiger partial charge in [0.05, 0.1) is 18.2 Å². The van der Waals surface area contributed by atoms with E-state index in [1.165, 1.54) is 19.5 Å². The van der Waals surface area contributed by atoms with Gasteiger partial charge in [0, 0.05) is 23.5 Å². The first-order valence-electron chi connectivity index (χ1n) is 8.51. The summed E-state index contributed by atoms with van der Waals surface area (Å²) in [4.78, 5) is 20.2. The zero-order valence-electron chi connectivity index (χ0n) is 16.0. The molecule has 2 rings (SSSR count). The molecule has 0 saturated carbocycles. The summed E-state index contributed by atoms with van der Waals surface area (Å²) in [6.07, 6.45) is 5.54. The Morgan fingerprint density at radius 3 is 2.63 bits per heavy atom. The molecule has 27 heavy (non-hydrogen) atoms. The largest absolute Gasteiger partial charge is 0.493 e. The molecule has 0 spiro atoms. The van der Waals surface area contributed by atoms with E-state index in [4.69, 9.17) is 25.8 Å². The second kappa shape index (κ2) is 9.37. The van der Waals surface area contributed by atoms with Crippen LogP contribution in [0.5, 0.6) is 11.5 Å². The molecule has 1 aromatic heterocycles. The highest BCUT2D eigenvalue weighted by atomic mass is 35.5.